The maximum Gasteiger partial charge on any atom is 0.301 e. The van der Waals surface area contributed by atoms with Gasteiger partial charge in [0, 0.05) is 30.7 Å². The van der Waals surface area contributed by atoms with Crippen molar-refractivity contribution in [3.63, 3.8) is 0 Å². The van der Waals surface area contributed by atoms with Gasteiger partial charge in [-0.25, -0.2) is 9.37 Å². The van der Waals surface area contributed by atoms with E-state index in [-0.39, 0.29) is 11.7 Å². The van der Waals surface area contributed by atoms with Crippen molar-refractivity contribution in [2.45, 2.75) is 38.1 Å². The summed E-state index contributed by atoms with van der Waals surface area (Å²) in [6, 6.07) is 8.17. The second-order valence-corrected chi connectivity index (χ2v) is 9.94. The van der Waals surface area contributed by atoms with E-state index in [0.717, 1.165) is 43.9 Å². The van der Waals surface area contributed by atoms with E-state index < -0.39 is 16.0 Å². The van der Waals surface area contributed by atoms with Gasteiger partial charge in [0.25, 0.3) is 0 Å². The summed E-state index contributed by atoms with van der Waals surface area (Å²) in [6.45, 7) is 0.878. The Balaban J connectivity index is 1.48. The highest BCUT2D eigenvalue weighted by molar-refractivity contribution is 7.90. The molecule has 32 heavy (non-hydrogen) atoms. The molecule has 5 rings (SSSR count). The summed E-state index contributed by atoms with van der Waals surface area (Å²) in [5, 5.41) is 0.788. The van der Waals surface area contributed by atoms with Crippen LogP contribution in [0, 0.1) is 5.82 Å². The molecule has 168 valence electrons. The van der Waals surface area contributed by atoms with Crippen molar-refractivity contribution in [2.24, 2.45) is 0 Å². The number of piperidine rings is 1. The third-order valence-corrected chi connectivity index (χ3v) is 7.53. The second kappa shape index (κ2) is 8.18. The summed E-state index contributed by atoms with van der Waals surface area (Å²) in [5.41, 5.74) is 1.79. The molecule has 1 aliphatic heterocycles. The zero-order valence-corrected chi connectivity index (χ0v) is 18.2. The molecule has 10 heteroatoms. The van der Waals surface area contributed by atoms with Crippen molar-refractivity contribution in [2.75, 3.05) is 22.7 Å². The van der Waals surface area contributed by atoms with Crippen LogP contribution in [0.3, 0.4) is 0 Å². The van der Waals surface area contributed by atoms with E-state index in [1.807, 2.05) is 6.07 Å². The first-order chi connectivity index (χ1) is 15.5. The molecule has 0 radical (unpaired) electrons. The normalized spacial score (nSPS) is 17.4. The fourth-order valence-electron chi connectivity index (χ4n) is 4.15. The number of rotatable bonds is 7. The van der Waals surface area contributed by atoms with Crippen molar-refractivity contribution in [1.29, 1.82) is 0 Å². The fraction of sp³-hybridized carbons (Fsp3) is 0.364. The molecule has 2 aromatic heterocycles. The lowest BCUT2D eigenvalue weighted by atomic mass is 10.0. The molecule has 1 aromatic carbocycles. The molecule has 2 fully saturated rings. The van der Waals surface area contributed by atoms with Gasteiger partial charge in [0.15, 0.2) is 0 Å². The average molecular weight is 458 g/mol. The van der Waals surface area contributed by atoms with Gasteiger partial charge in [-0.05, 0) is 61.1 Å². The highest BCUT2D eigenvalue weighted by atomic mass is 32.2. The van der Waals surface area contributed by atoms with Gasteiger partial charge in [0.2, 0.25) is 6.41 Å². The van der Waals surface area contributed by atoms with E-state index in [2.05, 4.69) is 14.7 Å². The van der Waals surface area contributed by atoms with Gasteiger partial charge >= 0.3 is 10.2 Å². The lowest BCUT2D eigenvalue weighted by Gasteiger charge is -2.26. The Morgan fingerprint density at radius 2 is 1.94 bits per heavy atom. The quantitative estimate of drug-likeness (QED) is 0.529. The van der Waals surface area contributed by atoms with Gasteiger partial charge in [-0.2, -0.15) is 12.7 Å². The van der Waals surface area contributed by atoms with Crippen LogP contribution in [0.2, 0.25) is 0 Å². The Kier molecular flexibility index (Phi) is 5.34. The summed E-state index contributed by atoms with van der Waals surface area (Å²) in [5.74, 6) is -0.165. The monoisotopic (exact) mass is 457 g/mol. The Hall–Kier alpha value is -2.98. The predicted octanol–water partition coefficient (Wildman–Crippen LogP) is 3.64. The molecule has 3 aromatic rings. The van der Waals surface area contributed by atoms with Gasteiger partial charge in [0.05, 0.1) is 5.69 Å². The standard InChI is InChI=1S/C22H24FN5O3S/c23-19-12-15(4-7-20(19)26-32(30,31)27-10-2-1-3-11-27)18-13-21(28(14-29)16-5-6-16)25-22-17(18)8-9-24-22/h4,7-9,12-14,16,26H,1-3,5-6,10-11H2,(H,24,25). The molecule has 0 bridgehead atoms. The van der Waals surface area contributed by atoms with Crippen molar-refractivity contribution in [3.8, 4) is 11.1 Å². The number of hydrogen-bond donors (Lipinski definition) is 2. The smallest absolute Gasteiger partial charge is 0.301 e. The molecular weight excluding hydrogens is 433 g/mol. The summed E-state index contributed by atoms with van der Waals surface area (Å²) < 4.78 is 44.0. The van der Waals surface area contributed by atoms with Crippen LogP contribution in [0.15, 0.2) is 36.5 Å². The van der Waals surface area contributed by atoms with E-state index in [9.17, 15) is 17.6 Å². The van der Waals surface area contributed by atoms with Crippen LogP contribution in [0.1, 0.15) is 32.1 Å². The third-order valence-electron chi connectivity index (χ3n) is 6.01. The van der Waals surface area contributed by atoms with Crippen molar-refractivity contribution in [3.05, 3.63) is 42.3 Å². The topological polar surface area (TPSA) is 98.4 Å². The zero-order valence-electron chi connectivity index (χ0n) is 17.4. The number of carbonyl (C=O) groups excluding carboxylic acids is 1. The number of nitrogens with zero attached hydrogens (tertiary/aromatic N) is 3. The molecule has 1 saturated heterocycles. The van der Waals surface area contributed by atoms with Crippen LogP contribution in [0.25, 0.3) is 22.2 Å². The highest BCUT2D eigenvalue weighted by Gasteiger charge is 2.30. The molecule has 0 spiro atoms. The lowest BCUT2D eigenvalue weighted by molar-refractivity contribution is -0.107. The number of aromatic nitrogens is 2. The van der Waals surface area contributed by atoms with Crippen molar-refractivity contribution in [1.82, 2.24) is 14.3 Å². The van der Waals surface area contributed by atoms with Crippen LogP contribution < -0.4 is 9.62 Å². The highest BCUT2D eigenvalue weighted by Crippen LogP contribution is 2.36. The SMILES string of the molecule is O=CN(c1cc(-c2ccc(NS(=O)(=O)N3CCCCC3)c(F)c2)c2cc[nH]c2n1)C1CC1. The molecule has 1 amide bonds. The first-order valence-corrected chi connectivity index (χ1v) is 12.2. The van der Waals surface area contributed by atoms with Gasteiger partial charge in [0.1, 0.15) is 17.3 Å². The summed E-state index contributed by atoms with van der Waals surface area (Å²) >= 11 is 0. The van der Waals surface area contributed by atoms with E-state index in [1.165, 1.54) is 16.4 Å². The van der Waals surface area contributed by atoms with Gasteiger partial charge in [-0.1, -0.05) is 12.5 Å². The van der Waals surface area contributed by atoms with E-state index in [0.29, 0.717) is 35.7 Å². The number of aromatic amines is 1. The number of halogens is 1. The molecule has 3 heterocycles. The second-order valence-electron chi connectivity index (χ2n) is 8.27. The van der Waals surface area contributed by atoms with Crippen LogP contribution in [-0.4, -0.2) is 48.2 Å². The van der Waals surface area contributed by atoms with Gasteiger partial charge in [-0.15, -0.1) is 0 Å². The van der Waals surface area contributed by atoms with Crippen LogP contribution in [0.4, 0.5) is 15.9 Å². The summed E-state index contributed by atoms with van der Waals surface area (Å²) in [4.78, 5) is 20.8. The minimum absolute atomic E-state index is 0.0913. The van der Waals surface area contributed by atoms with E-state index in [1.54, 1.807) is 23.2 Å². The number of fused-ring (bicyclic) bond motifs is 1. The maximum absolute atomic E-state index is 15.0. The Bertz CT molecular complexity index is 1270. The maximum atomic E-state index is 15.0. The predicted molar refractivity (Wildman–Crippen MR) is 121 cm³/mol. The minimum atomic E-state index is -3.80. The lowest BCUT2D eigenvalue weighted by Crippen LogP contribution is -2.39. The number of amides is 1. The largest absolute Gasteiger partial charge is 0.346 e. The zero-order chi connectivity index (χ0) is 22.3. The average Bonchev–Trinajstić information content (AvgIpc) is 3.51. The molecule has 1 saturated carbocycles. The first-order valence-electron chi connectivity index (χ1n) is 10.8. The fourth-order valence-corrected chi connectivity index (χ4v) is 5.46. The van der Waals surface area contributed by atoms with Crippen LogP contribution in [0.5, 0.6) is 0 Å². The number of anilines is 2. The Morgan fingerprint density at radius 1 is 1.16 bits per heavy atom. The molecule has 2 aliphatic rings. The number of carbonyl (C=O) groups is 1. The van der Waals surface area contributed by atoms with Crippen molar-refractivity contribution < 1.29 is 17.6 Å². The Labute approximate surface area is 185 Å². The summed E-state index contributed by atoms with van der Waals surface area (Å²) in [7, 11) is -3.80. The number of hydrogen-bond acceptors (Lipinski definition) is 4. The van der Waals surface area contributed by atoms with Crippen LogP contribution >= 0.6 is 0 Å². The van der Waals surface area contributed by atoms with Gasteiger partial charge in [-0.3, -0.25) is 14.4 Å². The number of H-pyrrole nitrogens is 1. The number of benzene rings is 1. The molecule has 0 atom stereocenters. The van der Waals surface area contributed by atoms with Crippen molar-refractivity contribution >= 4 is 39.2 Å². The third kappa shape index (κ3) is 3.95. The first kappa shape index (κ1) is 20.9. The summed E-state index contributed by atoms with van der Waals surface area (Å²) in [6.07, 6.45) is 6.98. The molecule has 2 N–H and O–H groups in total. The Morgan fingerprint density at radius 3 is 2.62 bits per heavy atom. The minimum Gasteiger partial charge on any atom is -0.346 e. The molecule has 8 nitrogen and oxygen atoms in total. The molecular formula is C22H24FN5O3S. The molecule has 0 unspecified atom stereocenters. The van der Waals surface area contributed by atoms with Crippen LogP contribution in [-0.2, 0) is 15.0 Å². The van der Waals surface area contributed by atoms with E-state index >= 15 is 0 Å². The van der Waals surface area contributed by atoms with E-state index in [4.69, 9.17) is 0 Å². The molecule has 1 aliphatic carbocycles. The number of nitrogens with one attached hydrogen (secondary N) is 2. The number of pyridine rings is 1. The van der Waals surface area contributed by atoms with Gasteiger partial charge < -0.3 is 4.98 Å².